The van der Waals surface area contributed by atoms with Crippen LogP contribution in [-0.4, -0.2) is 38.8 Å². The molecule has 1 amide bonds. The van der Waals surface area contributed by atoms with E-state index in [1.54, 1.807) is 12.1 Å². The van der Waals surface area contributed by atoms with Gasteiger partial charge in [-0.2, -0.15) is 4.52 Å². The fourth-order valence-corrected chi connectivity index (χ4v) is 3.60. The Bertz CT molecular complexity index is 976. The number of hydrogen-bond donors (Lipinski definition) is 1. The standard InChI is InChI=1S/C20H23ClN6O/c1-13(2)19-24-23-17-7-8-18(25-27(17)19)26-11-9-14(10-12-26)20(28)22-16-5-3-15(21)4-6-16/h3-8,13-14H,9-12H2,1-2H3,(H,22,28). The largest absolute Gasteiger partial charge is 0.355 e. The second-order valence-electron chi connectivity index (χ2n) is 7.43. The number of piperidine rings is 1. The lowest BCUT2D eigenvalue weighted by atomic mass is 9.96. The Morgan fingerprint density at radius 1 is 1.11 bits per heavy atom. The van der Waals surface area contributed by atoms with Gasteiger partial charge >= 0.3 is 0 Å². The van der Waals surface area contributed by atoms with Crippen molar-refractivity contribution in [2.24, 2.45) is 5.92 Å². The van der Waals surface area contributed by atoms with E-state index in [2.05, 4.69) is 34.3 Å². The Kier molecular flexibility index (Phi) is 5.17. The molecule has 0 radical (unpaired) electrons. The summed E-state index contributed by atoms with van der Waals surface area (Å²) in [5, 5.41) is 16.8. The first-order valence-electron chi connectivity index (χ1n) is 9.55. The maximum absolute atomic E-state index is 12.6. The smallest absolute Gasteiger partial charge is 0.227 e. The number of anilines is 2. The highest BCUT2D eigenvalue weighted by atomic mass is 35.5. The van der Waals surface area contributed by atoms with Crippen LogP contribution in [0.2, 0.25) is 5.02 Å². The number of halogens is 1. The molecule has 0 atom stereocenters. The van der Waals surface area contributed by atoms with Crippen LogP contribution in [0.5, 0.6) is 0 Å². The van der Waals surface area contributed by atoms with Gasteiger partial charge in [-0.15, -0.1) is 15.3 Å². The number of aromatic nitrogens is 4. The van der Waals surface area contributed by atoms with E-state index in [9.17, 15) is 4.79 Å². The Hall–Kier alpha value is -2.67. The number of nitrogens with one attached hydrogen (secondary N) is 1. The van der Waals surface area contributed by atoms with E-state index in [0.717, 1.165) is 48.9 Å². The van der Waals surface area contributed by atoms with E-state index in [1.807, 2.05) is 28.8 Å². The first-order valence-corrected chi connectivity index (χ1v) is 9.93. The third-order valence-corrected chi connectivity index (χ3v) is 5.34. The Morgan fingerprint density at radius 2 is 1.82 bits per heavy atom. The molecule has 1 N–H and O–H groups in total. The number of carbonyl (C=O) groups is 1. The van der Waals surface area contributed by atoms with Gasteiger partial charge in [-0.05, 0) is 49.2 Å². The Morgan fingerprint density at radius 3 is 2.50 bits per heavy atom. The summed E-state index contributed by atoms with van der Waals surface area (Å²) in [6.07, 6.45) is 1.58. The minimum Gasteiger partial charge on any atom is -0.355 e. The van der Waals surface area contributed by atoms with Crippen molar-refractivity contribution in [1.82, 2.24) is 19.8 Å². The van der Waals surface area contributed by atoms with Gasteiger partial charge < -0.3 is 10.2 Å². The van der Waals surface area contributed by atoms with Crippen LogP contribution in [0.4, 0.5) is 11.5 Å². The predicted octanol–water partition coefficient (Wildman–Crippen LogP) is 3.76. The number of amides is 1. The first kappa shape index (κ1) is 18.7. The van der Waals surface area contributed by atoms with Gasteiger partial charge in [0.25, 0.3) is 0 Å². The molecule has 0 saturated carbocycles. The SMILES string of the molecule is CC(C)c1nnc2ccc(N3CCC(C(=O)Nc4ccc(Cl)cc4)CC3)nn12. The molecule has 1 fully saturated rings. The van der Waals surface area contributed by atoms with Crippen LogP contribution in [0.25, 0.3) is 5.65 Å². The summed E-state index contributed by atoms with van der Waals surface area (Å²) in [7, 11) is 0. The minimum atomic E-state index is -0.00297. The van der Waals surface area contributed by atoms with Crippen LogP contribution in [0.15, 0.2) is 36.4 Å². The molecule has 0 aliphatic carbocycles. The third-order valence-electron chi connectivity index (χ3n) is 5.09. The molecule has 0 bridgehead atoms. The van der Waals surface area contributed by atoms with Crippen molar-refractivity contribution in [3.05, 3.63) is 47.2 Å². The molecule has 28 heavy (non-hydrogen) atoms. The van der Waals surface area contributed by atoms with Gasteiger partial charge in [-0.25, -0.2) is 0 Å². The Balaban J connectivity index is 1.41. The highest BCUT2D eigenvalue weighted by molar-refractivity contribution is 6.30. The van der Waals surface area contributed by atoms with E-state index in [1.165, 1.54) is 0 Å². The number of carbonyl (C=O) groups excluding carboxylic acids is 1. The van der Waals surface area contributed by atoms with Crippen molar-refractivity contribution in [3.8, 4) is 0 Å². The number of hydrogen-bond acceptors (Lipinski definition) is 5. The van der Waals surface area contributed by atoms with Crippen molar-refractivity contribution in [1.29, 1.82) is 0 Å². The average Bonchev–Trinajstić information content (AvgIpc) is 3.13. The Labute approximate surface area is 168 Å². The number of fused-ring (bicyclic) bond motifs is 1. The van der Waals surface area contributed by atoms with Crippen LogP contribution < -0.4 is 10.2 Å². The second-order valence-corrected chi connectivity index (χ2v) is 7.87. The van der Waals surface area contributed by atoms with Crippen molar-refractivity contribution < 1.29 is 4.79 Å². The molecule has 1 aliphatic heterocycles. The molecule has 0 unspecified atom stereocenters. The fourth-order valence-electron chi connectivity index (χ4n) is 3.47. The van der Waals surface area contributed by atoms with Gasteiger partial charge in [-0.1, -0.05) is 25.4 Å². The van der Waals surface area contributed by atoms with Gasteiger partial charge in [-0.3, -0.25) is 4.79 Å². The van der Waals surface area contributed by atoms with Crippen LogP contribution >= 0.6 is 11.6 Å². The van der Waals surface area contributed by atoms with Crippen LogP contribution in [0, 0.1) is 5.92 Å². The van der Waals surface area contributed by atoms with E-state index >= 15 is 0 Å². The topological polar surface area (TPSA) is 75.4 Å². The van der Waals surface area contributed by atoms with Crippen molar-refractivity contribution in [2.45, 2.75) is 32.6 Å². The summed E-state index contributed by atoms with van der Waals surface area (Å²) < 4.78 is 1.82. The maximum atomic E-state index is 12.6. The molecule has 1 aliphatic rings. The molecule has 8 heteroatoms. The molecule has 1 saturated heterocycles. The van der Waals surface area contributed by atoms with Crippen molar-refractivity contribution in [3.63, 3.8) is 0 Å². The van der Waals surface area contributed by atoms with Gasteiger partial charge in [0, 0.05) is 35.6 Å². The molecule has 3 aromatic rings. The van der Waals surface area contributed by atoms with Crippen LogP contribution in [0.3, 0.4) is 0 Å². The summed E-state index contributed by atoms with van der Waals surface area (Å²) in [5.41, 5.74) is 1.53. The quantitative estimate of drug-likeness (QED) is 0.724. The van der Waals surface area contributed by atoms with E-state index < -0.39 is 0 Å². The van der Waals surface area contributed by atoms with E-state index in [-0.39, 0.29) is 17.7 Å². The third kappa shape index (κ3) is 3.80. The van der Waals surface area contributed by atoms with Gasteiger partial charge in [0.05, 0.1) is 0 Å². The van der Waals surface area contributed by atoms with E-state index in [4.69, 9.17) is 16.7 Å². The maximum Gasteiger partial charge on any atom is 0.227 e. The lowest BCUT2D eigenvalue weighted by Gasteiger charge is -2.32. The zero-order valence-corrected chi connectivity index (χ0v) is 16.7. The lowest BCUT2D eigenvalue weighted by molar-refractivity contribution is -0.120. The van der Waals surface area contributed by atoms with Crippen LogP contribution in [-0.2, 0) is 4.79 Å². The van der Waals surface area contributed by atoms with Crippen LogP contribution in [0.1, 0.15) is 38.4 Å². The number of benzene rings is 1. The predicted molar refractivity (Wildman–Crippen MR) is 110 cm³/mol. The lowest BCUT2D eigenvalue weighted by Crippen LogP contribution is -2.38. The molecule has 146 valence electrons. The van der Waals surface area contributed by atoms with Crippen molar-refractivity contribution >= 4 is 34.7 Å². The summed E-state index contributed by atoms with van der Waals surface area (Å²) in [6, 6.07) is 11.1. The summed E-state index contributed by atoms with van der Waals surface area (Å²) in [4.78, 5) is 14.8. The molecule has 1 aromatic carbocycles. The molecule has 4 rings (SSSR count). The summed E-state index contributed by atoms with van der Waals surface area (Å²) in [6.45, 7) is 5.73. The highest BCUT2D eigenvalue weighted by Crippen LogP contribution is 2.24. The molecular formula is C20H23ClN6O. The molecule has 0 spiro atoms. The zero-order chi connectivity index (χ0) is 19.7. The second kappa shape index (κ2) is 7.75. The summed E-state index contributed by atoms with van der Waals surface area (Å²) >= 11 is 5.89. The minimum absolute atomic E-state index is 0.00297. The normalized spacial score (nSPS) is 15.4. The van der Waals surface area contributed by atoms with E-state index in [0.29, 0.717) is 5.02 Å². The van der Waals surface area contributed by atoms with Gasteiger partial charge in [0.15, 0.2) is 11.5 Å². The summed E-state index contributed by atoms with van der Waals surface area (Å²) in [5.74, 6) is 2.06. The molecule has 7 nitrogen and oxygen atoms in total. The zero-order valence-electron chi connectivity index (χ0n) is 16.0. The molecular weight excluding hydrogens is 376 g/mol. The van der Waals surface area contributed by atoms with Crippen molar-refractivity contribution in [2.75, 3.05) is 23.3 Å². The molecule has 2 aromatic heterocycles. The monoisotopic (exact) mass is 398 g/mol. The number of rotatable bonds is 4. The molecule has 3 heterocycles. The fraction of sp³-hybridized carbons (Fsp3) is 0.400. The van der Waals surface area contributed by atoms with Gasteiger partial charge in [0.1, 0.15) is 5.82 Å². The highest BCUT2D eigenvalue weighted by Gasteiger charge is 2.26. The number of nitrogens with zero attached hydrogens (tertiary/aromatic N) is 5. The first-order chi connectivity index (χ1) is 13.5. The average molecular weight is 399 g/mol. The van der Waals surface area contributed by atoms with Gasteiger partial charge in [0.2, 0.25) is 5.91 Å².